The molecule has 0 amide bonds. The van der Waals surface area contributed by atoms with Crippen molar-refractivity contribution >= 4 is 18.0 Å². The molecular formula is C30H38O4. The van der Waals surface area contributed by atoms with E-state index in [-0.39, 0.29) is 17.3 Å². The standard InChI is InChI=1S/C30H38O4/c1-20-18-30-17-14-23-28(2,24(30)12-11-22(20)19-30)16-15-25(29(23,3)27(32)33-4)34-26(31)13-10-21-8-6-5-7-9-21/h5-10,13,22-25H,1,11-12,14-19H2,2-4H3/t22-,23+,24-,25+,28-,29+,30-/m1/s1. The summed E-state index contributed by atoms with van der Waals surface area (Å²) in [6.07, 6.45) is 11.4. The first kappa shape index (κ1) is 23.4. The summed E-state index contributed by atoms with van der Waals surface area (Å²) in [5.41, 5.74) is 1.95. The first-order valence-electron chi connectivity index (χ1n) is 12.9. The van der Waals surface area contributed by atoms with Gasteiger partial charge in [-0.05, 0) is 98.5 Å². The van der Waals surface area contributed by atoms with Crippen LogP contribution in [0.1, 0.15) is 70.8 Å². The third-order valence-electron chi connectivity index (χ3n) is 10.3. The van der Waals surface area contributed by atoms with E-state index >= 15 is 0 Å². The minimum absolute atomic E-state index is 0.0412. The molecular weight excluding hydrogens is 424 g/mol. The molecule has 4 heteroatoms. The van der Waals surface area contributed by atoms with Gasteiger partial charge in [-0.15, -0.1) is 0 Å². The Morgan fingerprint density at radius 3 is 2.53 bits per heavy atom. The van der Waals surface area contributed by atoms with Gasteiger partial charge in [-0.25, -0.2) is 4.79 Å². The smallest absolute Gasteiger partial charge is 0.331 e. The highest BCUT2D eigenvalue weighted by molar-refractivity contribution is 5.88. The van der Waals surface area contributed by atoms with E-state index in [2.05, 4.69) is 13.5 Å². The third-order valence-corrected chi connectivity index (χ3v) is 10.3. The number of carbonyl (C=O) groups excluding carboxylic acids is 2. The van der Waals surface area contributed by atoms with Gasteiger partial charge in [0.25, 0.3) is 0 Å². The molecule has 2 bridgehead atoms. The number of fused-ring (bicyclic) bond motifs is 3. The lowest BCUT2D eigenvalue weighted by molar-refractivity contribution is -0.213. The lowest BCUT2D eigenvalue weighted by atomic mass is 9.40. The molecule has 0 heterocycles. The topological polar surface area (TPSA) is 52.6 Å². The second-order valence-electron chi connectivity index (χ2n) is 11.8. The van der Waals surface area contributed by atoms with Crippen molar-refractivity contribution in [1.82, 2.24) is 0 Å². The van der Waals surface area contributed by atoms with Gasteiger partial charge >= 0.3 is 11.9 Å². The number of methoxy groups -OCH3 is 1. The van der Waals surface area contributed by atoms with E-state index in [1.165, 1.54) is 38.0 Å². The van der Waals surface area contributed by atoms with E-state index in [1.54, 1.807) is 6.08 Å². The van der Waals surface area contributed by atoms with Crippen molar-refractivity contribution in [2.24, 2.45) is 34.0 Å². The maximum absolute atomic E-state index is 13.4. The molecule has 4 nitrogen and oxygen atoms in total. The Labute approximate surface area is 203 Å². The van der Waals surface area contributed by atoms with E-state index in [0.29, 0.717) is 23.7 Å². The average molecular weight is 463 g/mol. The molecule has 182 valence electrons. The minimum Gasteiger partial charge on any atom is -0.468 e. The molecule has 0 radical (unpaired) electrons. The van der Waals surface area contributed by atoms with E-state index in [4.69, 9.17) is 9.47 Å². The molecule has 0 N–H and O–H groups in total. The molecule has 5 rings (SSSR count). The summed E-state index contributed by atoms with van der Waals surface area (Å²) in [5.74, 6) is 0.782. The van der Waals surface area contributed by atoms with Crippen molar-refractivity contribution in [3.63, 3.8) is 0 Å². The number of allylic oxidation sites excluding steroid dienone is 1. The van der Waals surface area contributed by atoms with Crippen molar-refractivity contribution in [3.05, 3.63) is 54.1 Å². The van der Waals surface area contributed by atoms with Crippen LogP contribution in [0.15, 0.2) is 48.6 Å². The zero-order chi connectivity index (χ0) is 24.1. The zero-order valence-corrected chi connectivity index (χ0v) is 20.8. The largest absolute Gasteiger partial charge is 0.468 e. The highest BCUT2D eigenvalue weighted by Crippen LogP contribution is 2.72. The summed E-state index contributed by atoms with van der Waals surface area (Å²) in [5, 5.41) is 0. The zero-order valence-electron chi connectivity index (χ0n) is 20.8. The van der Waals surface area contributed by atoms with Gasteiger partial charge in [0.1, 0.15) is 11.5 Å². The molecule has 4 aliphatic carbocycles. The normalized spacial score (nSPS) is 41.0. The molecule has 1 aromatic rings. The number of benzene rings is 1. The Hall–Kier alpha value is -2.36. The lowest BCUT2D eigenvalue weighted by Crippen LogP contribution is -2.63. The van der Waals surface area contributed by atoms with Gasteiger partial charge in [0.05, 0.1) is 7.11 Å². The van der Waals surface area contributed by atoms with Crippen molar-refractivity contribution in [2.75, 3.05) is 7.11 Å². The van der Waals surface area contributed by atoms with E-state index in [9.17, 15) is 9.59 Å². The SMILES string of the molecule is C=C1C[C@@]23CC[C@H]4[C@@](C)(CC[C@H](OC(=O)C=Cc5ccccc5)[C@@]4(C)C(=O)OC)[C@H]2CC[C@@H]1C3. The summed E-state index contributed by atoms with van der Waals surface area (Å²) in [6, 6.07) is 9.70. The molecule has 4 saturated carbocycles. The number of hydrogen-bond donors (Lipinski definition) is 0. The van der Waals surface area contributed by atoms with Crippen LogP contribution in [0.25, 0.3) is 6.08 Å². The van der Waals surface area contributed by atoms with E-state index in [1.807, 2.05) is 37.3 Å². The van der Waals surface area contributed by atoms with Crippen LogP contribution in [0.2, 0.25) is 0 Å². The number of hydrogen-bond acceptors (Lipinski definition) is 4. The van der Waals surface area contributed by atoms with Crippen molar-refractivity contribution in [1.29, 1.82) is 0 Å². The highest BCUT2D eigenvalue weighted by atomic mass is 16.6. The first-order valence-corrected chi connectivity index (χ1v) is 12.9. The molecule has 0 saturated heterocycles. The van der Waals surface area contributed by atoms with Crippen LogP contribution in [0.5, 0.6) is 0 Å². The number of rotatable bonds is 4. The monoisotopic (exact) mass is 462 g/mol. The molecule has 0 aliphatic heterocycles. The van der Waals surface area contributed by atoms with Gasteiger partial charge in [0, 0.05) is 6.08 Å². The Bertz CT molecular complexity index is 1010. The second-order valence-corrected chi connectivity index (χ2v) is 11.8. The summed E-state index contributed by atoms with van der Waals surface area (Å²) >= 11 is 0. The Morgan fingerprint density at radius 1 is 1.03 bits per heavy atom. The van der Waals surface area contributed by atoms with Crippen molar-refractivity contribution in [2.45, 2.75) is 71.3 Å². The molecule has 7 atom stereocenters. The average Bonchev–Trinajstić information content (AvgIpc) is 3.07. The van der Waals surface area contributed by atoms with Crippen LogP contribution >= 0.6 is 0 Å². The number of ether oxygens (including phenoxy) is 2. The third kappa shape index (κ3) is 3.48. The van der Waals surface area contributed by atoms with Gasteiger partial charge in [0.15, 0.2) is 0 Å². The molecule has 34 heavy (non-hydrogen) atoms. The van der Waals surface area contributed by atoms with Gasteiger partial charge in [0.2, 0.25) is 0 Å². The number of carbonyl (C=O) groups is 2. The molecule has 4 fully saturated rings. The molecule has 1 aromatic carbocycles. The maximum Gasteiger partial charge on any atom is 0.331 e. The fourth-order valence-electron chi connectivity index (χ4n) is 8.83. The van der Waals surface area contributed by atoms with E-state index in [0.717, 1.165) is 31.2 Å². The summed E-state index contributed by atoms with van der Waals surface area (Å²) in [7, 11) is 1.46. The van der Waals surface area contributed by atoms with Crippen LogP contribution in [-0.2, 0) is 19.1 Å². The summed E-state index contributed by atoms with van der Waals surface area (Å²) < 4.78 is 11.4. The van der Waals surface area contributed by atoms with Gasteiger partial charge in [-0.2, -0.15) is 0 Å². The van der Waals surface area contributed by atoms with Crippen LogP contribution in [0.3, 0.4) is 0 Å². The Balaban J connectivity index is 1.41. The van der Waals surface area contributed by atoms with E-state index < -0.39 is 17.5 Å². The fraction of sp³-hybridized carbons (Fsp3) is 0.600. The highest BCUT2D eigenvalue weighted by Gasteiger charge is 2.68. The minimum atomic E-state index is -0.841. The molecule has 0 unspecified atom stereocenters. The van der Waals surface area contributed by atoms with Crippen molar-refractivity contribution < 1.29 is 19.1 Å². The molecule has 1 spiro atoms. The quantitative estimate of drug-likeness (QED) is 0.297. The van der Waals surface area contributed by atoms with Crippen LogP contribution in [0.4, 0.5) is 0 Å². The molecule has 4 aliphatic rings. The molecule has 0 aromatic heterocycles. The van der Waals surface area contributed by atoms with Gasteiger partial charge in [-0.3, -0.25) is 4.79 Å². The first-order chi connectivity index (χ1) is 16.2. The lowest BCUT2D eigenvalue weighted by Gasteiger charge is -2.64. The Morgan fingerprint density at radius 2 is 1.79 bits per heavy atom. The van der Waals surface area contributed by atoms with Gasteiger partial charge in [-0.1, -0.05) is 49.4 Å². The predicted molar refractivity (Wildman–Crippen MR) is 133 cm³/mol. The predicted octanol–water partition coefficient (Wildman–Crippen LogP) is 6.36. The number of esters is 2. The fourth-order valence-corrected chi connectivity index (χ4v) is 8.83. The summed E-state index contributed by atoms with van der Waals surface area (Å²) in [6.45, 7) is 8.84. The van der Waals surface area contributed by atoms with Crippen molar-refractivity contribution in [3.8, 4) is 0 Å². The van der Waals surface area contributed by atoms with Crippen LogP contribution < -0.4 is 0 Å². The second kappa shape index (κ2) is 8.39. The summed E-state index contributed by atoms with van der Waals surface area (Å²) in [4.78, 5) is 26.2. The van der Waals surface area contributed by atoms with Crippen LogP contribution in [0, 0.1) is 34.0 Å². The van der Waals surface area contributed by atoms with Gasteiger partial charge < -0.3 is 9.47 Å². The van der Waals surface area contributed by atoms with Crippen LogP contribution in [-0.4, -0.2) is 25.2 Å². The maximum atomic E-state index is 13.4. The Kier molecular flexibility index (Phi) is 5.77.